The maximum Gasteiger partial charge on any atom is 0.375 e. The van der Waals surface area contributed by atoms with Gasteiger partial charge in [-0.05, 0) is 30.0 Å². The summed E-state index contributed by atoms with van der Waals surface area (Å²) < 4.78 is 15.8. The van der Waals surface area contributed by atoms with E-state index in [4.69, 9.17) is 5.90 Å². The van der Waals surface area contributed by atoms with Crippen molar-refractivity contribution < 1.29 is 14.1 Å². The van der Waals surface area contributed by atoms with E-state index in [0.29, 0.717) is 11.7 Å². The number of rotatable bonds is 4. The normalized spacial score (nSPS) is 14.9. The molecule has 1 unspecified atom stereocenters. The van der Waals surface area contributed by atoms with Gasteiger partial charge in [-0.15, -0.1) is 0 Å². The zero-order chi connectivity index (χ0) is 11.5. The molecule has 84 valence electrons. The van der Waals surface area contributed by atoms with Crippen LogP contribution in [0.4, 0.5) is 0 Å². The van der Waals surface area contributed by atoms with E-state index < -0.39 is 7.60 Å². The van der Waals surface area contributed by atoms with Crippen molar-refractivity contribution in [1.29, 1.82) is 0 Å². The fraction of sp³-hybridized carbons (Fsp3) is 0.400. The van der Waals surface area contributed by atoms with Crippen LogP contribution in [0.2, 0.25) is 0 Å². The number of hydrogen-bond acceptors (Lipinski definition) is 3. The molecule has 0 aliphatic carbocycles. The van der Waals surface area contributed by atoms with E-state index in [1.165, 1.54) is 0 Å². The van der Waals surface area contributed by atoms with E-state index in [1.807, 2.05) is 19.9 Å². The minimum absolute atomic E-state index is 0.312. The van der Waals surface area contributed by atoms with Crippen molar-refractivity contribution in [2.45, 2.75) is 26.7 Å². The molecule has 0 aliphatic rings. The lowest BCUT2D eigenvalue weighted by Crippen LogP contribution is -2.16. The van der Waals surface area contributed by atoms with Crippen molar-refractivity contribution in [1.82, 2.24) is 0 Å². The maximum absolute atomic E-state index is 11.6. The largest absolute Gasteiger partial charge is 0.375 e. The quantitative estimate of drug-likeness (QED) is 0.606. The molecule has 0 amide bonds. The molecule has 15 heavy (non-hydrogen) atoms. The summed E-state index contributed by atoms with van der Waals surface area (Å²) in [4.78, 5) is 9.53. The standard InChI is InChI=1S/C10H16NO3P/c1-3-8-6-5-7-10(9(8)4-2)15(12,13)14-11/h5-7H,3-4,11H2,1-2H3,(H,12,13). The number of hydrogen-bond donors (Lipinski definition) is 2. The van der Waals surface area contributed by atoms with Crippen LogP contribution < -0.4 is 11.2 Å². The van der Waals surface area contributed by atoms with Crippen molar-refractivity contribution in [2.24, 2.45) is 5.90 Å². The van der Waals surface area contributed by atoms with E-state index in [-0.39, 0.29) is 0 Å². The minimum Gasteiger partial charge on any atom is -0.320 e. The number of benzene rings is 1. The van der Waals surface area contributed by atoms with Crippen LogP contribution in [-0.4, -0.2) is 4.89 Å². The number of aryl methyl sites for hydroxylation is 1. The first-order chi connectivity index (χ1) is 7.06. The first-order valence-corrected chi connectivity index (χ1v) is 6.47. The Morgan fingerprint density at radius 2 is 2.07 bits per heavy atom. The zero-order valence-electron chi connectivity index (χ0n) is 8.93. The van der Waals surface area contributed by atoms with Crippen molar-refractivity contribution >= 4 is 12.9 Å². The van der Waals surface area contributed by atoms with Gasteiger partial charge in [0.25, 0.3) is 0 Å². The van der Waals surface area contributed by atoms with Crippen LogP contribution in [0.3, 0.4) is 0 Å². The van der Waals surface area contributed by atoms with Crippen molar-refractivity contribution in [3.8, 4) is 0 Å². The van der Waals surface area contributed by atoms with Crippen LogP contribution >= 0.6 is 7.60 Å². The van der Waals surface area contributed by atoms with Crippen molar-refractivity contribution in [3.63, 3.8) is 0 Å². The lowest BCUT2D eigenvalue weighted by Gasteiger charge is -2.15. The van der Waals surface area contributed by atoms with Crippen LogP contribution in [0.25, 0.3) is 0 Å². The predicted octanol–water partition coefficient (Wildman–Crippen LogP) is 1.51. The monoisotopic (exact) mass is 229 g/mol. The average molecular weight is 229 g/mol. The van der Waals surface area contributed by atoms with Gasteiger partial charge in [0.05, 0.1) is 5.30 Å². The summed E-state index contributed by atoms with van der Waals surface area (Å²) in [5.41, 5.74) is 1.91. The molecule has 1 atom stereocenters. The molecule has 0 spiro atoms. The van der Waals surface area contributed by atoms with Gasteiger partial charge >= 0.3 is 7.60 Å². The van der Waals surface area contributed by atoms with Crippen LogP contribution in [0.1, 0.15) is 25.0 Å². The molecule has 0 fully saturated rings. The van der Waals surface area contributed by atoms with Crippen LogP contribution in [0.5, 0.6) is 0 Å². The summed E-state index contributed by atoms with van der Waals surface area (Å²) in [7, 11) is -3.84. The fourth-order valence-electron chi connectivity index (χ4n) is 1.68. The van der Waals surface area contributed by atoms with Crippen LogP contribution in [0.15, 0.2) is 18.2 Å². The molecule has 4 nitrogen and oxygen atoms in total. The first-order valence-electron chi connectivity index (χ1n) is 4.89. The second kappa shape index (κ2) is 4.90. The SMILES string of the molecule is CCc1cccc(P(=O)(O)ON)c1CC. The number of nitrogens with two attached hydrogens (primary N) is 1. The first kappa shape index (κ1) is 12.4. The lowest BCUT2D eigenvalue weighted by molar-refractivity contribution is 0.278. The lowest BCUT2D eigenvalue weighted by atomic mass is 10.0. The molecule has 1 aromatic carbocycles. The smallest absolute Gasteiger partial charge is 0.320 e. The molecule has 0 aromatic heterocycles. The molecule has 5 heteroatoms. The van der Waals surface area contributed by atoms with E-state index in [2.05, 4.69) is 4.62 Å². The van der Waals surface area contributed by atoms with Crippen molar-refractivity contribution in [3.05, 3.63) is 29.3 Å². The highest BCUT2D eigenvalue weighted by atomic mass is 31.2. The highest BCUT2D eigenvalue weighted by molar-refractivity contribution is 7.61. The maximum atomic E-state index is 11.6. The summed E-state index contributed by atoms with van der Waals surface area (Å²) in [5.74, 6) is 4.84. The molecule has 3 N–H and O–H groups in total. The Morgan fingerprint density at radius 3 is 2.53 bits per heavy atom. The summed E-state index contributed by atoms with van der Waals surface area (Å²) in [6.07, 6.45) is 1.51. The van der Waals surface area contributed by atoms with Gasteiger partial charge in [0.1, 0.15) is 0 Å². The zero-order valence-corrected chi connectivity index (χ0v) is 9.83. The Labute approximate surface area is 89.6 Å². The summed E-state index contributed by atoms with van der Waals surface area (Å²) in [6.45, 7) is 3.94. The Kier molecular flexibility index (Phi) is 4.05. The molecule has 0 radical (unpaired) electrons. The Balaban J connectivity index is 3.36. The van der Waals surface area contributed by atoms with Gasteiger partial charge in [0.15, 0.2) is 0 Å². The molecule has 1 rings (SSSR count). The average Bonchev–Trinajstić information content (AvgIpc) is 2.27. The van der Waals surface area contributed by atoms with Gasteiger partial charge in [-0.2, -0.15) is 0 Å². The summed E-state index contributed by atoms with van der Waals surface area (Å²) in [5, 5.41) is 0.312. The molecular weight excluding hydrogens is 213 g/mol. The van der Waals surface area contributed by atoms with Gasteiger partial charge in [-0.3, -0.25) is 4.57 Å². The predicted molar refractivity (Wildman–Crippen MR) is 59.9 cm³/mol. The molecule has 0 aliphatic heterocycles. The fourth-order valence-corrected chi connectivity index (χ4v) is 2.71. The molecule has 0 heterocycles. The Morgan fingerprint density at radius 1 is 1.40 bits per heavy atom. The van der Waals surface area contributed by atoms with E-state index in [9.17, 15) is 9.46 Å². The van der Waals surface area contributed by atoms with E-state index in [0.717, 1.165) is 17.5 Å². The van der Waals surface area contributed by atoms with Gasteiger partial charge in [0.2, 0.25) is 0 Å². The summed E-state index contributed by atoms with van der Waals surface area (Å²) >= 11 is 0. The molecule has 0 bridgehead atoms. The van der Waals surface area contributed by atoms with Crippen LogP contribution in [-0.2, 0) is 22.0 Å². The highest BCUT2D eigenvalue weighted by Crippen LogP contribution is 2.40. The molecule has 0 saturated carbocycles. The highest BCUT2D eigenvalue weighted by Gasteiger charge is 2.25. The van der Waals surface area contributed by atoms with Gasteiger partial charge in [-0.1, -0.05) is 26.0 Å². The second-order valence-electron chi connectivity index (χ2n) is 3.25. The Bertz CT molecular complexity index is 392. The van der Waals surface area contributed by atoms with Crippen LogP contribution in [0, 0.1) is 0 Å². The topological polar surface area (TPSA) is 72.5 Å². The van der Waals surface area contributed by atoms with Gasteiger partial charge < -0.3 is 4.89 Å². The third-order valence-electron chi connectivity index (χ3n) is 2.43. The molecular formula is C10H16NO3P. The van der Waals surface area contributed by atoms with E-state index >= 15 is 0 Å². The van der Waals surface area contributed by atoms with E-state index in [1.54, 1.807) is 12.1 Å². The minimum atomic E-state index is -3.84. The molecule has 1 aromatic rings. The Hall–Kier alpha value is -0.670. The molecule has 0 saturated heterocycles. The second-order valence-corrected chi connectivity index (χ2v) is 4.98. The van der Waals surface area contributed by atoms with Gasteiger partial charge in [-0.25, -0.2) is 10.5 Å². The van der Waals surface area contributed by atoms with Crippen molar-refractivity contribution in [2.75, 3.05) is 0 Å². The third kappa shape index (κ3) is 2.47. The van der Waals surface area contributed by atoms with Gasteiger partial charge in [0, 0.05) is 0 Å². The summed E-state index contributed by atoms with van der Waals surface area (Å²) in [6, 6.07) is 5.28. The third-order valence-corrected chi connectivity index (χ3v) is 3.74.